The lowest BCUT2D eigenvalue weighted by Gasteiger charge is -2.39. The van der Waals surface area contributed by atoms with Gasteiger partial charge in [0.1, 0.15) is 6.04 Å². The molecule has 0 fully saturated rings. The number of aliphatic carboxylic acids is 1. The van der Waals surface area contributed by atoms with Gasteiger partial charge in [-0.3, -0.25) is 19.7 Å². The Balaban J connectivity index is 1.69. The van der Waals surface area contributed by atoms with Gasteiger partial charge >= 0.3 is 11.9 Å². The van der Waals surface area contributed by atoms with Gasteiger partial charge in [0, 0.05) is 24.0 Å². The fourth-order valence-electron chi connectivity index (χ4n) is 4.93. The van der Waals surface area contributed by atoms with Crippen molar-refractivity contribution < 1.29 is 29.0 Å². The number of carbonyl (C=O) groups excluding carboxylic acids is 3. The Kier molecular flexibility index (Phi) is 10.7. The molecule has 1 aliphatic heterocycles. The van der Waals surface area contributed by atoms with Crippen LogP contribution in [0.5, 0.6) is 0 Å². The zero-order chi connectivity index (χ0) is 30.1. The van der Waals surface area contributed by atoms with E-state index in [-0.39, 0.29) is 18.8 Å². The minimum absolute atomic E-state index is 0.00450. The molecule has 0 unspecified atom stereocenters. The van der Waals surface area contributed by atoms with Crippen LogP contribution in [0.4, 0.5) is 5.69 Å². The molecule has 3 aromatic rings. The number of rotatable bonds is 12. The van der Waals surface area contributed by atoms with Crippen molar-refractivity contribution in [3.63, 3.8) is 0 Å². The number of carboxylic acids is 1. The predicted octanol–water partition coefficient (Wildman–Crippen LogP) is 4.11. The molecule has 0 bridgehead atoms. The van der Waals surface area contributed by atoms with E-state index in [2.05, 4.69) is 5.32 Å². The lowest BCUT2D eigenvalue weighted by Crippen LogP contribution is -2.62. The summed E-state index contributed by atoms with van der Waals surface area (Å²) in [6, 6.07) is 22.7. The van der Waals surface area contributed by atoms with Gasteiger partial charge in [-0.05, 0) is 43.0 Å². The normalized spacial score (nSPS) is 16.1. The van der Waals surface area contributed by atoms with Gasteiger partial charge in [-0.1, -0.05) is 72.8 Å². The number of anilines is 1. The van der Waals surface area contributed by atoms with Crippen molar-refractivity contribution >= 4 is 41.2 Å². The molecular formula is C32H35N3O6S. The number of amides is 2. The maximum absolute atomic E-state index is 14.3. The standard InChI is InChI=1S/C32H35N3O6S/c1-3-41-32(40)25(19-18-23-12-6-4-7-13-23)33-26-21-42-29-17-11-10-16-27(29)35(30(26)37)34(22(2)36)28(31(38)39)20-24-14-8-5-9-15-24/h4-17,25-26,28,33H,3,18-21H2,1-2H3,(H,38,39)/t25-,26-,28-/m0/s1. The van der Waals surface area contributed by atoms with Crippen molar-refractivity contribution in [2.24, 2.45) is 0 Å². The van der Waals surface area contributed by atoms with Gasteiger partial charge < -0.3 is 9.84 Å². The summed E-state index contributed by atoms with van der Waals surface area (Å²) in [4.78, 5) is 53.9. The Morgan fingerprint density at radius 1 is 1.00 bits per heavy atom. The van der Waals surface area contributed by atoms with Crippen LogP contribution in [0, 0.1) is 0 Å². The second-order valence-electron chi connectivity index (χ2n) is 9.88. The number of fused-ring (bicyclic) bond motifs is 1. The Morgan fingerprint density at radius 2 is 1.62 bits per heavy atom. The number of carboxylic acid groups (broad SMARTS) is 1. The minimum atomic E-state index is -1.36. The molecule has 0 saturated heterocycles. The Hall–Kier alpha value is -4.15. The summed E-state index contributed by atoms with van der Waals surface area (Å²) < 4.78 is 5.34. The summed E-state index contributed by atoms with van der Waals surface area (Å²) in [6.45, 7) is 3.16. The molecule has 9 nitrogen and oxygen atoms in total. The molecule has 2 amide bonds. The van der Waals surface area contributed by atoms with Crippen molar-refractivity contribution in [3.05, 3.63) is 96.1 Å². The van der Waals surface area contributed by atoms with E-state index in [0.717, 1.165) is 10.6 Å². The number of hydrogen-bond donors (Lipinski definition) is 2. The zero-order valence-corrected chi connectivity index (χ0v) is 24.5. The molecule has 3 aromatic carbocycles. The van der Waals surface area contributed by atoms with E-state index in [1.807, 2.05) is 48.5 Å². The molecule has 0 aromatic heterocycles. The van der Waals surface area contributed by atoms with E-state index < -0.39 is 41.9 Å². The number of esters is 1. The number of para-hydroxylation sites is 1. The number of aryl methyl sites for hydroxylation is 1. The third-order valence-corrected chi connectivity index (χ3v) is 8.09. The first kappa shape index (κ1) is 30.8. The molecule has 0 saturated carbocycles. The maximum atomic E-state index is 14.3. The number of benzene rings is 3. The Labute approximate surface area is 249 Å². The molecule has 1 heterocycles. The molecule has 1 aliphatic rings. The highest BCUT2D eigenvalue weighted by molar-refractivity contribution is 7.99. The summed E-state index contributed by atoms with van der Waals surface area (Å²) in [5.74, 6) is -2.59. The van der Waals surface area contributed by atoms with Crippen molar-refractivity contribution in [1.82, 2.24) is 10.3 Å². The van der Waals surface area contributed by atoms with E-state index >= 15 is 0 Å². The molecule has 42 heavy (non-hydrogen) atoms. The molecule has 0 spiro atoms. The summed E-state index contributed by atoms with van der Waals surface area (Å²) in [6.07, 6.45) is 0.953. The number of hydrazine groups is 1. The molecule has 0 aliphatic carbocycles. The second-order valence-corrected chi connectivity index (χ2v) is 10.9. The molecule has 3 atom stereocenters. The van der Waals surface area contributed by atoms with Crippen LogP contribution in [0.2, 0.25) is 0 Å². The summed E-state index contributed by atoms with van der Waals surface area (Å²) in [5.41, 5.74) is 2.15. The van der Waals surface area contributed by atoms with Gasteiger partial charge in [-0.15, -0.1) is 11.8 Å². The maximum Gasteiger partial charge on any atom is 0.328 e. The highest BCUT2D eigenvalue weighted by atomic mass is 32.2. The first-order chi connectivity index (χ1) is 20.3. The number of hydrogen-bond acceptors (Lipinski definition) is 7. The number of nitrogens with zero attached hydrogens (tertiary/aromatic N) is 2. The van der Waals surface area contributed by atoms with Crippen molar-refractivity contribution in [1.29, 1.82) is 0 Å². The Bertz CT molecular complexity index is 1390. The quantitative estimate of drug-likeness (QED) is 0.304. The third-order valence-electron chi connectivity index (χ3n) is 6.93. The van der Waals surface area contributed by atoms with Crippen LogP contribution in [0.3, 0.4) is 0 Å². The smallest absolute Gasteiger partial charge is 0.328 e. The SMILES string of the molecule is CCOC(=O)[C@H](CCc1ccccc1)N[C@H]1CSc2ccccc2N(N(C(C)=O)[C@@H](Cc2ccccc2)C(=O)O)C1=O. The molecule has 2 N–H and O–H groups in total. The highest BCUT2D eigenvalue weighted by Gasteiger charge is 2.42. The first-order valence-corrected chi connectivity index (χ1v) is 14.9. The number of ether oxygens (including phenoxy) is 1. The average molecular weight is 590 g/mol. The fraction of sp³-hybridized carbons (Fsp3) is 0.312. The average Bonchev–Trinajstić information content (AvgIpc) is 3.12. The van der Waals surface area contributed by atoms with Crippen molar-refractivity contribution in [2.45, 2.75) is 56.1 Å². The van der Waals surface area contributed by atoms with Crippen LogP contribution >= 0.6 is 11.8 Å². The van der Waals surface area contributed by atoms with E-state index in [9.17, 15) is 24.3 Å². The lowest BCUT2D eigenvalue weighted by atomic mass is 10.0. The first-order valence-electron chi connectivity index (χ1n) is 13.9. The monoisotopic (exact) mass is 589 g/mol. The topological polar surface area (TPSA) is 116 Å². The van der Waals surface area contributed by atoms with Gasteiger partial charge in [0.15, 0.2) is 6.04 Å². The van der Waals surface area contributed by atoms with E-state index in [1.165, 1.54) is 23.7 Å². The summed E-state index contributed by atoms with van der Waals surface area (Å²) >= 11 is 1.40. The van der Waals surface area contributed by atoms with Crippen LogP contribution in [0.1, 0.15) is 31.4 Å². The Morgan fingerprint density at radius 3 is 2.24 bits per heavy atom. The number of carbonyl (C=O) groups is 4. The van der Waals surface area contributed by atoms with Gasteiger partial charge in [0.25, 0.3) is 5.91 Å². The molecule has 0 radical (unpaired) electrons. The predicted molar refractivity (Wildman–Crippen MR) is 161 cm³/mol. The third kappa shape index (κ3) is 7.57. The van der Waals surface area contributed by atoms with Gasteiger partial charge in [0.05, 0.1) is 18.3 Å². The van der Waals surface area contributed by atoms with Crippen LogP contribution in [0.25, 0.3) is 0 Å². The fourth-order valence-corrected chi connectivity index (χ4v) is 5.99. The molecule has 4 rings (SSSR count). The highest BCUT2D eigenvalue weighted by Crippen LogP contribution is 2.36. The van der Waals surface area contributed by atoms with Gasteiger partial charge in [0.2, 0.25) is 5.91 Å². The van der Waals surface area contributed by atoms with Crippen LogP contribution in [-0.2, 0) is 36.8 Å². The number of nitrogens with one attached hydrogen (secondary N) is 1. The van der Waals surface area contributed by atoms with Gasteiger partial charge in [-0.2, -0.15) is 0 Å². The van der Waals surface area contributed by atoms with Crippen molar-refractivity contribution in [3.8, 4) is 0 Å². The van der Waals surface area contributed by atoms with Gasteiger partial charge in [-0.25, -0.2) is 14.8 Å². The summed E-state index contributed by atoms with van der Waals surface area (Å²) in [5, 5.41) is 15.7. The largest absolute Gasteiger partial charge is 0.480 e. The van der Waals surface area contributed by atoms with Crippen molar-refractivity contribution in [2.75, 3.05) is 17.4 Å². The minimum Gasteiger partial charge on any atom is -0.480 e. The zero-order valence-electron chi connectivity index (χ0n) is 23.6. The molecular weight excluding hydrogens is 554 g/mol. The van der Waals surface area contributed by atoms with Crippen LogP contribution in [0.15, 0.2) is 89.8 Å². The second kappa shape index (κ2) is 14.7. The number of thioether (sulfide) groups is 1. The van der Waals surface area contributed by atoms with E-state index in [4.69, 9.17) is 4.74 Å². The lowest BCUT2D eigenvalue weighted by molar-refractivity contribution is -0.151. The molecule has 220 valence electrons. The summed E-state index contributed by atoms with van der Waals surface area (Å²) in [7, 11) is 0. The van der Waals surface area contributed by atoms with E-state index in [1.54, 1.807) is 43.3 Å². The van der Waals surface area contributed by atoms with Crippen LogP contribution in [-0.4, -0.2) is 64.4 Å². The van der Waals surface area contributed by atoms with Crippen LogP contribution < -0.4 is 10.3 Å². The molecule has 10 heteroatoms. The van der Waals surface area contributed by atoms with E-state index in [0.29, 0.717) is 29.0 Å².